The van der Waals surface area contributed by atoms with E-state index in [2.05, 4.69) is 48.4 Å². The minimum Gasteiger partial charge on any atom is -0.492 e. The molecule has 0 aliphatic carbocycles. The van der Waals surface area contributed by atoms with Crippen LogP contribution in [0.15, 0.2) is 54.0 Å². The third-order valence-electron chi connectivity index (χ3n) is 4.07. The maximum absolute atomic E-state index is 9.58. The molecule has 1 aromatic heterocycles. The normalized spacial score (nSPS) is 11.1. The van der Waals surface area contributed by atoms with E-state index in [1.54, 1.807) is 6.20 Å². The summed E-state index contributed by atoms with van der Waals surface area (Å²) in [6, 6.07) is 16.2. The number of nitriles is 1. The number of hydrogen-bond donors (Lipinski definition) is 1. The molecule has 0 fully saturated rings. The van der Waals surface area contributed by atoms with Crippen LogP contribution in [-0.2, 0) is 0 Å². The van der Waals surface area contributed by atoms with E-state index in [-0.39, 0.29) is 0 Å². The average molecular weight is 375 g/mol. The molecule has 1 N–H and O–H groups in total. The molecule has 3 aromatic rings. The van der Waals surface area contributed by atoms with Crippen LogP contribution in [0.4, 0.5) is 5.69 Å². The molecule has 0 unspecified atom stereocenters. The number of para-hydroxylation sites is 2. The molecule has 0 aliphatic heterocycles. The van der Waals surface area contributed by atoms with Crippen molar-refractivity contribution in [2.24, 2.45) is 0 Å². The fourth-order valence-corrected chi connectivity index (χ4v) is 3.57. The topological polar surface area (TPSA) is 57.9 Å². The Hall–Kier alpha value is -3.10. The van der Waals surface area contributed by atoms with Crippen LogP contribution in [0.2, 0.25) is 0 Å². The molecule has 0 saturated heterocycles. The molecule has 4 nitrogen and oxygen atoms in total. The van der Waals surface area contributed by atoms with E-state index in [1.165, 1.54) is 22.5 Å². The van der Waals surface area contributed by atoms with Crippen LogP contribution in [0, 0.1) is 25.2 Å². The minimum absolute atomic E-state index is 0.488. The number of thiazole rings is 1. The van der Waals surface area contributed by atoms with Crippen molar-refractivity contribution in [1.82, 2.24) is 4.98 Å². The van der Waals surface area contributed by atoms with E-state index in [4.69, 9.17) is 4.74 Å². The van der Waals surface area contributed by atoms with Gasteiger partial charge in [-0.15, -0.1) is 11.3 Å². The van der Waals surface area contributed by atoms with Crippen LogP contribution in [-0.4, -0.2) is 11.6 Å². The molecule has 1 heterocycles. The number of nitrogens with zero attached hydrogens (tertiary/aromatic N) is 2. The molecule has 0 spiro atoms. The van der Waals surface area contributed by atoms with E-state index in [1.807, 2.05) is 36.6 Å². The molecular weight excluding hydrogens is 354 g/mol. The van der Waals surface area contributed by atoms with Gasteiger partial charge >= 0.3 is 0 Å². The Morgan fingerprint density at radius 1 is 1.26 bits per heavy atom. The van der Waals surface area contributed by atoms with Crippen LogP contribution in [0.5, 0.6) is 5.75 Å². The second-order valence-corrected chi connectivity index (χ2v) is 6.96. The van der Waals surface area contributed by atoms with Gasteiger partial charge in [-0.1, -0.05) is 35.9 Å². The third kappa shape index (κ3) is 4.36. The highest BCUT2D eigenvalue weighted by Crippen LogP contribution is 2.29. The van der Waals surface area contributed by atoms with Gasteiger partial charge in [0.25, 0.3) is 0 Å². The molecule has 5 heteroatoms. The minimum atomic E-state index is 0.488. The molecular formula is C22H21N3OS. The molecule has 0 radical (unpaired) electrons. The summed E-state index contributed by atoms with van der Waals surface area (Å²) in [4.78, 5) is 4.67. The number of allylic oxidation sites excluding steroid dienone is 1. The van der Waals surface area contributed by atoms with E-state index in [9.17, 15) is 5.26 Å². The van der Waals surface area contributed by atoms with Crippen LogP contribution < -0.4 is 10.1 Å². The molecule has 136 valence electrons. The number of aromatic nitrogens is 1. The lowest BCUT2D eigenvalue weighted by Gasteiger charge is -2.09. The number of hydrogen-bond acceptors (Lipinski definition) is 5. The fraction of sp³-hybridized carbons (Fsp3) is 0.182. The highest BCUT2D eigenvalue weighted by atomic mass is 32.1. The first-order valence-corrected chi connectivity index (χ1v) is 9.62. The molecule has 0 saturated carbocycles. The van der Waals surface area contributed by atoms with Gasteiger partial charge in [-0.3, -0.25) is 0 Å². The first-order valence-electron chi connectivity index (χ1n) is 8.74. The van der Waals surface area contributed by atoms with E-state index >= 15 is 0 Å². The van der Waals surface area contributed by atoms with Gasteiger partial charge in [-0.05, 0) is 38.5 Å². The zero-order chi connectivity index (χ0) is 19.2. The molecule has 0 aliphatic rings. The van der Waals surface area contributed by atoms with Crippen LogP contribution in [0.1, 0.15) is 23.1 Å². The van der Waals surface area contributed by atoms with Gasteiger partial charge in [-0.2, -0.15) is 5.26 Å². The van der Waals surface area contributed by atoms with E-state index in [0.717, 1.165) is 22.7 Å². The Balaban J connectivity index is 1.86. The molecule has 0 bridgehead atoms. The summed E-state index contributed by atoms with van der Waals surface area (Å²) < 4.78 is 5.61. The Kier molecular flexibility index (Phi) is 5.90. The predicted octanol–water partition coefficient (Wildman–Crippen LogP) is 5.80. The van der Waals surface area contributed by atoms with E-state index < -0.39 is 0 Å². The second-order valence-electron chi connectivity index (χ2n) is 6.10. The van der Waals surface area contributed by atoms with Crippen molar-refractivity contribution in [3.8, 4) is 23.1 Å². The zero-order valence-corrected chi connectivity index (χ0v) is 16.4. The van der Waals surface area contributed by atoms with Gasteiger partial charge in [0, 0.05) is 17.1 Å². The Morgan fingerprint density at radius 3 is 2.81 bits per heavy atom. The maximum Gasteiger partial charge on any atom is 0.142 e. The standard InChI is InChI=1S/C22H21N3OS/c1-4-26-21-8-6-5-7-19(21)24-13-17(12-23)22-25-20(14-27-22)18-10-9-15(2)11-16(18)3/h5-11,13-14,24H,4H2,1-3H3. The first-order chi connectivity index (χ1) is 13.1. The number of rotatable bonds is 6. The number of nitrogens with one attached hydrogen (secondary N) is 1. The van der Waals surface area contributed by atoms with Crippen molar-refractivity contribution in [1.29, 1.82) is 5.26 Å². The lowest BCUT2D eigenvalue weighted by atomic mass is 10.0. The lowest BCUT2D eigenvalue weighted by molar-refractivity contribution is 0.342. The fourth-order valence-electron chi connectivity index (χ4n) is 2.78. The summed E-state index contributed by atoms with van der Waals surface area (Å²) in [6.07, 6.45) is 1.68. The SMILES string of the molecule is CCOc1ccccc1NC=C(C#N)c1nc(-c2ccc(C)cc2C)cs1. The smallest absolute Gasteiger partial charge is 0.142 e. The van der Waals surface area contributed by atoms with Crippen molar-refractivity contribution in [3.05, 3.63) is 70.2 Å². The number of benzene rings is 2. The van der Waals surface area contributed by atoms with Gasteiger partial charge in [0.15, 0.2) is 0 Å². The Morgan fingerprint density at radius 2 is 2.07 bits per heavy atom. The van der Waals surface area contributed by atoms with Crippen LogP contribution in [0.25, 0.3) is 16.8 Å². The average Bonchev–Trinajstić information content (AvgIpc) is 3.13. The van der Waals surface area contributed by atoms with Crippen LogP contribution >= 0.6 is 11.3 Å². The number of ether oxygens (including phenoxy) is 1. The zero-order valence-electron chi connectivity index (χ0n) is 15.6. The van der Waals surface area contributed by atoms with Crippen LogP contribution in [0.3, 0.4) is 0 Å². The number of aryl methyl sites for hydroxylation is 2. The van der Waals surface area contributed by atoms with Crippen molar-refractivity contribution in [2.45, 2.75) is 20.8 Å². The largest absolute Gasteiger partial charge is 0.492 e. The van der Waals surface area contributed by atoms with Crippen molar-refractivity contribution < 1.29 is 4.74 Å². The van der Waals surface area contributed by atoms with Gasteiger partial charge in [0.2, 0.25) is 0 Å². The summed E-state index contributed by atoms with van der Waals surface area (Å²) >= 11 is 1.47. The molecule has 3 rings (SSSR count). The van der Waals surface area contributed by atoms with Gasteiger partial charge in [0.05, 0.1) is 18.0 Å². The van der Waals surface area contributed by atoms with Gasteiger partial charge in [-0.25, -0.2) is 4.98 Å². The first kappa shape index (κ1) is 18.7. The highest BCUT2D eigenvalue weighted by molar-refractivity contribution is 7.11. The van der Waals surface area contributed by atoms with Crippen molar-refractivity contribution >= 4 is 22.6 Å². The Labute approximate surface area is 163 Å². The molecule has 27 heavy (non-hydrogen) atoms. The van der Waals surface area contributed by atoms with Crippen molar-refractivity contribution in [3.63, 3.8) is 0 Å². The predicted molar refractivity (Wildman–Crippen MR) is 112 cm³/mol. The van der Waals surface area contributed by atoms with Gasteiger partial charge in [0.1, 0.15) is 22.4 Å². The summed E-state index contributed by atoms with van der Waals surface area (Å²) in [5.41, 5.74) is 5.69. The molecule has 0 atom stereocenters. The summed E-state index contributed by atoms with van der Waals surface area (Å²) in [7, 11) is 0. The van der Waals surface area contributed by atoms with Gasteiger partial charge < -0.3 is 10.1 Å². The lowest BCUT2D eigenvalue weighted by Crippen LogP contribution is -1.97. The summed E-state index contributed by atoms with van der Waals surface area (Å²) in [6.45, 7) is 6.68. The third-order valence-corrected chi connectivity index (χ3v) is 4.95. The monoisotopic (exact) mass is 375 g/mol. The quantitative estimate of drug-likeness (QED) is 0.553. The summed E-state index contributed by atoms with van der Waals surface area (Å²) in [5, 5.41) is 15.4. The van der Waals surface area contributed by atoms with E-state index in [0.29, 0.717) is 17.2 Å². The highest BCUT2D eigenvalue weighted by Gasteiger charge is 2.11. The second kappa shape index (κ2) is 8.52. The summed E-state index contributed by atoms with van der Waals surface area (Å²) in [5.74, 6) is 0.753. The molecule has 0 amide bonds. The molecule has 2 aromatic carbocycles. The van der Waals surface area contributed by atoms with Crippen molar-refractivity contribution in [2.75, 3.05) is 11.9 Å². The Bertz CT molecular complexity index is 1010. The number of anilines is 1. The maximum atomic E-state index is 9.58.